The van der Waals surface area contributed by atoms with Gasteiger partial charge in [-0.15, -0.1) is 0 Å². The fraction of sp³-hybridized carbons (Fsp3) is 0.129. The van der Waals surface area contributed by atoms with Crippen molar-refractivity contribution in [1.29, 1.82) is 0 Å². The molecule has 0 radical (unpaired) electrons. The zero-order valence-electron chi connectivity index (χ0n) is 20.7. The second kappa shape index (κ2) is 9.47. The van der Waals surface area contributed by atoms with Gasteiger partial charge in [0, 0.05) is 23.6 Å². The molecule has 3 aromatic carbocycles. The lowest BCUT2D eigenvalue weighted by Crippen LogP contribution is -2.35. The van der Waals surface area contributed by atoms with Crippen LogP contribution in [-0.2, 0) is 12.0 Å². The number of hydrogen-bond donors (Lipinski definition) is 2. The zero-order valence-corrected chi connectivity index (χ0v) is 20.7. The van der Waals surface area contributed by atoms with Gasteiger partial charge in [-0.2, -0.15) is 0 Å². The quantitative estimate of drug-likeness (QED) is 0.278. The Morgan fingerprint density at radius 1 is 0.923 bits per heavy atom. The smallest absolute Gasteiger partial charge is 0.252 e. The molecule has 3 N–H and O–H groups in total. The molecule has 1 saturated carbocycles. The van der Waals surface area contributed by atoms with E-state index in [4.69, 9.17) is 10.2 Å². The third-order valence-corrected chi connectivity index (χ3v) is 7.04. The molecule has 2 amide bonds. The molecule has 0 bridgehead atoms. The summed E-state index contributed by atoms with van der Waals surface area (Å²) in [5.41, 5.74) is 8.55. The van der Waals surface area contributed by atoms with E-state index in [-0.39, 0.29) is 23.4 Å². The number of rotatable bonds is 7. The zero-order chi connectivity index (χ0) is 27.1. The predicted octanol–water partition coefficient (Wildman–Crippen LogP) is 5.88. The molecule has 2 heterocycles. The summed E-state index contributed by atoms with van der Waals surface area (Å²) in [7, 11) is 0. The van der Waals surface area contributed by atoms with Gasteiger partial charge in [-0.3, -0.25) is 14.6 Å². The first-order valence-electron chi connectivity index (χ1n) is 12.5. The number of nitrogens with one attached hydrogen (secondary N) is 1. The summed E-state index contributed by atoms with van der Waals surface area (Å²) < 4.78 is 34.0. The van der Waals surface area contributed by atoms with E-state index >= 15 is 0 Å². The lowest BCUT2D eigenvalue weighted by atomic mass is 9.98. The van der Waals surface area contributed by atoms with Crippen molar-refractivity contribution in [1.82, 2.24) is 10.3 Å². The van der Waals surface area contributed by atoms with Crippen LogP contribution >= 0.6 is 0 Å². The standard InChI is InChI=1S/C31H23F2N3O3/c32-22-7-4-18(5-8-22)13-26-28(29(34)37)24-17-19(6-9-25(24)39-26)20-14-21(16-23(33)15-20)30(38)36-31(10-11-31)27-3-1-2-12-35-27/h1-9,12,14-17H,10-11,13H2,(H2,34,37)(H,36,38). The molecule has 2 aromatic heterocycles. The Hall–Kier alpha value is -4.85. The highest BCUT2D eigenvalue weighted by Gasteiger charge is 2.47. The Balaban J connectivity index is 1.33. The van der Waals surface area contributed by atoms with E-state index in [9.17, 15) is 18.4 Å². The minimum atomic E-state index is -0.674. The average Bonchev–Trinajstić information content (AvgIpc) is 3.62. The maximum atomic E-state index is 14.7. The summed E-state index contributed by atoms with van der Waals surface area (Å²) in [6.07, 6.45) is 3.43. The molecule has 0 spiro atoms. The number of aromatic nitrogens is 1. The monoisotopic (exact) mass is 523 g/mol. The van der Waals surface area contributed by atoms with Crippen molar-refractivity contribution in [2.75, 3.05) is 0 Å². The van der Waals surface area contributed by atoms with Crippen LogP contribution in [0.1, 0.15) is 50.6 Å². The second-order valence-electron chi connectivity index (χ2n) is 9.76. The van der Waals surface area contributed by atoms with E-state index < -0.39 is 23.2 Å². The summed E-state index contributed by atoms with van der Waals surface area (Å²) in [5, 5.41) is 3.49. The number of nitrogens with zero attached hydrogens (tertiary/aromatic N) is 1. The third-order valence-electron chi connectivity index (χ3n) is 7.04. The Kier molecular flexibility index (Phi) is 5.95. The lowest BCUT2D eigenvalue weighted by Gasteiger charge is -2.17. The first-order valence-corrected chi connectivity index (χ1v) is 12.5. The largest absolute Gasteiger partial charge is 0.460 e. The van der Waals surface area contributed by atoms with Crippen LogP contribution in [0.25, 0.3) is 22.1 Å². The van der Waals surface area contributed by atoms with Gasteiger partial charge in [-0.1, -0.05) is 24.3 Å². The SMILES string of the molecule is NC(=O)c1c(Cc2ccc(F)cc2)oc2ccc(-c3cc(F)cc(C(=O)NC4(c5ccccn5)CC4)c3)cc12. The van der Waals surface area contributed by atoms with Gasteiger partial charge in [-0.25, -0.2) is 8.78 Å². The molecular formula is C31H23F2N3O3. The maximum absolute atomic E-state index is 14.7. The summed E-state index contributed by atoms with van der Waals surface area (Å²) in [6, 6.07) is 20.7. The van der Waals surface area contributed by atoms with E-state index in [1.54, 1.807) is 42.6 Å². The topological polar surface area (TPSA) is 98.2 Å². The van der Waals surface area contributed by atoms with Crippen molar-refractivity contribution >= 4 is 22.8 Å². The highest BCUT2D eigenvalue weighted by molar-refractivity contribution is 6.07. The fourth-order valence-corrected chi connectivity index (χ4v) is 4.90. The van der Waals surface area contributed by atoms with Gasteiger partial charge in [0.25, 0.3) is 11.8 Å². The van der Waals surface area contributed by atoms with Crippen LogP contribution in [0, 0.1) is 11.6 Å². The Bertz CT molecular complexity index is 1730. The lowest BCUT2D eigenvalue weighted by molar-refractivity contribution is 0.0928. The molecule has 6 rings (SSSR count). The molecule has 39 heavy (non-hydrogen) atoms. The van der Waals surface area contributed by atoms with Crippen LogP contribution in [0.3, 0.4) is 0 Å². The molecule has 1 fully saturated rings. The minimum Gasteiger partial charge on any atom is -0.460 e. The molecule has 0 atom stereocenters. The number of nitrogens with two attached hydrogens (primary N) is 1. The number of carbonyl (C=O) groups excluding carboxylic acids is 2. The van der Waals surface area contributed by atoms with Gasteiger partial charge in [0.2, 0.25) is 0 Å². The average molecular weight is 524 g/mol. The van der Waals surface area contributed by atoms with Crippen LogP contribution in [0.5, 0.6) is 0 Å². The van der Waals surface area contributed by atoms with E-state index in [1.165, 1.54) is 24.3 Å². The van der Waals surface area contributed by atoms with Crippen molar-refractivity contribution in [3.05, 3.63) is 125 Å². The summed E-state index contributed by atoms with van der Waals surface area (Å²) in [6.45, 7) is 0. The predicted molar refractivity (Wildman–Crippen MR) is 142 cm³/mol. The molecule has 5 aromatic rings. The third kappa shape index (κ3) is 4.77. The van der Waals surface area contributed by atoms with E-state index in [0.717, 1.165) is 24.1 Å². The van der Waals surface area contributed by atoms with Crippen LogP contribution in [0.2, 0.25) is 0 Å². The molecule has 0 unspecified atom stereocenters. The van der Waals surface area contributed by atoms with Crippen molar-refractivity contribution in [2.45, 2.75) is 24.8 Å². The van der Waals surface area contributed by atoms with E-state index in [2.05, 4.69) is 10.3 Å². The molecule has 0 aliphatic heterocycles. The Labute approximate surface area is 222 Å². The van der Waals surface area contributed by atoms with Crippen molar-refractivity contribution in [3.8, 4) is 11.1 Å². The van der Waals surface area contributed by atoms with Gasteiger partial charge in [0.05, 0.1) is 16.8 Å². The van der Waals surface area contributed by atoms with Gasteiger partial charge < -0.3 is 15.5 Å². The molecule has 1 aliphatic rings. The van der Waals surface area contributed by atoms with Gasteiger partial charge in [0.15, 0.2) is 0 Å². The highest BCUT2D eigenvalue weighted by Crippen LogP contribution is 2.44. The number of halogens is 2. The van der Waals surface area contributed by atoms with Gasteiger partial charge in [-0.05, 0) is 84.1 Å². The molecular weight excluding hydrogens is 500 g/mol. The van der Waals surface area contributed by atoms with Crippen LogP contribution in [0.4, 0.5) is 8.78 Å². The number of furan rings is 1. The van der Waals surface area contributed by atoms with Gasteiger partial charge >= 0.3 is 0 Å². The van der Waals surface area contributed by atoms with Crippen molar-refractivity contribution in [3.63, 3.8) is 0 Å². The Morgan fingerprint density at radius 2 is 1.72 bits per heavy atom. The highest BCUT2D eigenvalue weighted by atomic mass is 19.1. The molecule has 1 aliphatic carbocycles. The first kappa shape index (κ1) is 24.5. The number of fused-ring (bicyclic) bond motifs is 1. The number of hydrogen-bond acceptors (Lipinski definition) is 4. The number of benzene rings is 3. The van der Waals surface area contributed by atoms with Crippen LogP contribution in [-0.4, -0.2) is 16.8 Å². The second-order valence-corrected chi connectivity index (χ2v) is 9.76. The summed E-state index contributed by atoms with van der Waals surface area (Å²) >= 11 is 0. The minimum absolute atomic E-state index is 0.173. The molecule has 6 nitrogen and oxygen atoms in total. The number of amides is 2. The normalized spacial score (nSPS) is 13.8. The van der Waals surface area contributed by atoms with Crippen molar-refractivity contribution in [2.24, 2.45) is 5.73 Å². The fourth-order valence-electron chi connectivity index (χ4n) is 4.90. The van der Waals surface area contributed by atoms with E-state index in [0.29, 0.717) is 27.9 Å². The molecule has 8 heteroatoms. The Morgan fingerprint density at radius 3 is 2.41 bits per heavy atom. The molecule has 194 valence electrons. The molecule has 0 saturated heterocycles. The van der Waals surface area contributed by atoms with Crippen molar-refractivity contribution < 1.29 is 22.8 Å². The number of pyridine rings is 1. The summed E-state index contributed by atoms with van der Waals surface area (Å²) in [4.78, 5) is 30.0. The number of primary amides is 1. The van der Waals surface area contributed by atoms with Crippen LogP contribution < -0.4 is 11.1 Å². The van der Waals surface area contributed by atoms with Gasteiger partial charge in [0.1, 0.15) is 23.0 Å². The van der Waals surface area contributed by atoms with E-state index in [1.807, 2.05) is 18.2 Å². The number of carbonyl (C=O) groups is 2. The van der Waals surface area contributed by atoms with Crippen LogP contribution in [0.15, 0.2) is 89.5 Å². The first-order chi connectivity index (χ1) is 18.8. The maximum Gasteiger partial charge on any atom is 0.252 e. The summed E-state index contributed by atoms with van der Waals surface area (Å²) in [5.74, 6) is -1.66.